The third-order valence-corrected chi connectivity index (χ3v) is 6.50. The lowest BCUT2D eigenvalue weighted by Gasteiger charge is -2.16. The molecule has 1 aromatic heterocycles. The van der Waals surface area contributed by atoms with Gasteiger partial charge in [-0.15, -0.1) is 11.3 Å². The highest BCUT2D eigenvalue weighted by molar-refractivity contribution is 7.18. The minimum absolute atomic E-state index is 0.0938. The van der Waals surface area contributed by atoms with E-state index in [2.05, 4.69) is 29.2 Å². The SMILES string of the molecule is Cc1nc2cc(-c3cccc4cc(C(=O)N5C[C@@H](N)[C@H](O)C5)ccc34)ccc2s1. The summed E-state index contributed by atoms with van der Waals surface area (Å²) in [5, 5.41) is 13.0. The standard InChI is InChI=1S/C23H21N3O2S/c1-13-25-20-10-15(6-8-22(20)29-13)17-4-2-3-14-9-16(5-7-18(14)17)23(28)26-11-19(24)21(27)12-26/h2-10,19,21,27H,11-12,24H2,1H3/t19-,21-/m1/s1. The molecule has 0 radical (unpaired) electrons. The third kappa shape index (κ3) is 3.19. The number of likely N-dealkylation sites (tertiary alicyclic amines) is 1. The number of aliphatic hydroxyl groups is 1. The number of fused-ring (bicyclic) bond motifs is 2. The molecule has 0 saturated carbocycles. The topological polar surface area (TPSA) is 79.5 Å². The van der Waals surface area contributed by atoms with Crippen molar-refractivity contribution >= 4 is 38.2 Å². The predicted octanol–water partition coefficient (Wildman–Crippen LogP) is 3.57. The van der Waals surface area contributed by atoms with Gasteiger partial charge in [-0.1, -0.05) is 30.3 Å². The number of nitrogens with two attached hydrogens (primary N) is 1. The van der Waals surface area contributed by atoms with E-state index in [1.807, 2.05) is 37.3 Å². The Morgan fingerprint density at radius 1 is 1.17 bits per heavy atom. The van der Waals surface area contributed by atoms with E-state index in [0.29, 0.717) is 12.1 Å². The van der Waals surface area contributed by atoms with Gasteiger partial charge in [-0.2, -0.15) is 0 Å². The van der Waals surface area contributed by atoms with E-state index < -0.39 is 6.10 Å². The number of carbonyl (C=O) groups excluding carboxylic acids is 1. The summed E-state index contributed by atoms with van der Waals surface area (Å²) in [4.78, 5) is 19.1. The zero-order chi connectivity index (χ0) is 20.1. The molecule has 146 valence electrons. The Kier molecular flexibility index (Phi) is 4.35. The van der Waals surface area contributed by atoms with Crippen LogP contribution in [-0.2, 0) is 0 Å². The number of rotatable bonds is 2. The Bertz CT molecular complexity index is 1240. The van der Waals surface area contributed by atoms with E-state index in [0.717, 1.165) is 32.4 Å². The lowest BCUT2D eigenvalue weighted by molar-refractivity contribution is 0.0765. The molecule has 2 atom stereocenters. The molecular formula is C23H21N3O2S. The highest BCUT2D eigenvalue weighted by atomic mass is 32.1. The first-order chi connectivity index (χ1) is 14.0. The number of thiazole rings is 1. The van der Waals surface area contributed by atoms with Gasteiger partial charge in [0.15, 0.2) is 0 Å². The minimum atomic E-state index is -0.657. The van der Waals surface area contributed by atoms with Crippen LogP contribution in [0.1, 0.15) is 15.4 Å². The van der Waals surface area contributed by atoms with Crippen molar-refractivity contribution in [1.29, 1.82) is 0 Å². The maximum absolute atomic E-state index is 12.8. The van der Waals surface area contributed by atoms with E-state index >= 15 is 0 Å². The number of amides is 1. The van der Waals surface area contributed by atoms with E-state index in [9.17, 15) is 9.90 Å². The molecule has 0 aliphatic carbocycles. The van der Waals surface area contributed by atoms with Crippen LogP contribution >= 0.6 is 11.3 Å². The maximum atomic E-state index is 12.8. The molecule has 2 heterocycles. The van der Waals surface area contributed by atoms with Gasteiger partial charge in [-0.25, -0.2) is 4.98 Å². The largest absolute Gasteiger partial charge is 0.390 e. The second-order valence-electron chi connectivity index (χ2n) is 7.60. The maximum Gasteiger partial charge on any atom is 0.254 e. The smallest absolute Gasteiger partial charge is 0.254 e. The average Bonchev–Trinajstić information content (AvgIpc) is 3.26. The van der Waals surface area contributed by atoms with Crippen molar-refractivity contribution in [3.05, 3.63) is 65.2 Å². The molecule has 3 aromatic carbocycles. The van der Waals surface area contributed by atoms with Gasteiger partial charge in [-0.3, -0.25) is 4.79 Å². The number of aryl methyl sites for hydroxylation is 1. The van der Waals surface area contributed by atoms with E-state index in [1.54, 1.807) is 16.2 Å². The van der Waals surface area contributed by atoms with E-state index in [4.69, 9.17) is 5.73 Å². The van der Waals surface area contributed by atoms with Crippen molar-refractivity contribution in [2.75, 3.05) is 13.1 Å². The van der Waals surface area contributed by atoms with Crippen molar-refractivity contribution in [2.24, 2.45) is 5.73 Å². The Hall–Kier alpha value is -2.80. The summed E-state index contributed by atoms with van der Waals surface area (Å²) in [6.07, 6.45) is -0.657. The average molecular weight is 404 g/mol. The lowest BCUT2D eigenvalue weighted by atomic mass is 9.96. The van der Waals surface area contributed by atoms with Crippen molar-refractivity contribution in [3.8, 4) is 11.1 Å². The van der Waals surface area contributed by atoms with Gasteiger partial charge in [-0.05, 0) is 53.1 Å². The van der Waals surface area contributed by atoms with Crippen molar-refractivity contribution in [2.45, 2.75) is 19.1 Å². The normalized spacial score (nSPS) is 19.3. The number of nitrogens with zero attached hydrogens (tertiary/aromatic N) is 2. The molecular weight excluding hydrogens is 382 g/mol. The molecule has 0 bridgehead atoms. The van der Waals surface area contributed by atoms with E-state index in [1.165, 1.54) is 4.70 Å². The van der Waals surface area contributed by atoms with Crippen LogP contribution in [0.2, 0.25) is 0 Å². The van der Waals surface area contributed by atoms with Crippen LogP contribution in [0.15, 0.2) is 54.6 Å². The number of hydrogen-bond donors (Lipinski definition) is 2. The number of hydrogen-bond acceptors (Lipinski definition) is 5. The monoisotopic (exact) mass is 403 g/mol. The molecule has 4 aromatic rings. The summed E-state index contributed by atoms with van der Waals surface area (Å²) >= 11 is 1.70. The Morgan fingerprint density at radius 3 is 2.83 bits per heavy atom. The zero-order valence-corrected chi connectivity index (χ0v) is 16.8. The van der Waals surface area contributed by atoms with E-state index in [-0.39, 0.29) is 18.5 Å². The van der Waals surface area contributed by atoms with Gasteiger partial charge >= 0.3 is 0 Å². The van der Waals surface area contributed by atoms with Crippen LogP contribution in [-0.4, -0.2) is 46.1 Å². The molecule has 5 rings (SSSR count). The number of carbonyl (C=O) groups is 1. The van der Waals surface area contributed by atoms with Crippen molar-refractivity contribution < 1.29 is 9.90 Å². The summed E-state index contributed by atoms with van der Waals surface area (Å²) in [5.41, 5.74) is 9.71. The summed E-state index contributed by atoms with van der Waals surface area (Å²) in [6, 6.07) is 17.9. The summed E-state index contributed by atoms with van der Waals surface area (Å²) in [5.74, 6) is -0.0938. The fourth-order valence-electron chi connectivity index (χ4n) is 4.04. The second-order valence-corrected chi connectivity index (χ2v) is 8.83. The Labute approximate surface area is 172 Å². The highest BCUT2D eigenvalue weighted by Crippen LogP contribution is 2.33. The molecule has 6 heteroatoms. The molecule has 1 saturated heterocycles. The van der Waals surface area contributed by atoms with Gasteiger partial charge in [0, 0.05) is 24.7 Å². The molecule has 1 aliphatic heterocycles. The van der Waals surface area contributed by atoms with Crippen LogP contribution in [0.5, 0.6) is 0 Å². The zero-order valence-electron chi connectivity index (χ0n) is 16.0. The van der Waals surface area contributed by atoms with Crippen LogP contribution in [0.25, 0.3) is 32.1 Å². The Balaban J connectivity index is 1.54. The van der Waals surface area contributed by atoms with Gasteiger partial charge < -0.3 is 15.7 Å². The fourth-order valence-corrected chi connectivity index (χ4v) is 4.85. The predicted molar refractivity (Wildman–Crippen MR) is 117 cm³/mol. The summed E-state index contributed by atoms with van der Waals surface area (Å²) in [7, 11) is 0. The molecule has 0 unspecified atom stereocenters. The van der Waals surface area contributed by atoms with Crippen LogP contribution in [0.3, 0.4) is 0 Å². The number of aliphatic hydroxyl groups excluding tert-OH is 1. The first-order valence-electron chi connectivity index (χ1n) is 9.63. The van der Waals surface area contributed by atoms with Gasteiger partial charge in [0.2, 0.25) is 0 Å². The quantitative estimate of drug-likeness (QED) is 0.536. The number of aromatic nitrogens is 1. The summed E-state index contributed by atoms with van der Waals surface area (Å²) < 4.78 is 1.19. The van der Waals surface area contributed by atoms with Crippen LogP contribution < -0.4 is 5.73 Å². The van der Waals surface area contributed by atoms with Crippen LogP contribution in [0.4, 0.5) is 0 Å². The summed E-state index contributed by atoms with van der Waals surface area (Å²) in [6.45, 7) is 2.68. The van der Waals surface area contributed by atoms with Gasteiger partial charge in [0.1, 0.15) is 0 Å². The molecule has 1 aliphatic rings. The lowest BCUT2D eigenvalue weighted by Crippen LogP contribution is -2.33. The fraction of sp³-hybridized carbons (Fsp3) is 0.217. The molecule has 29 heavy (non-hydrogen) atoms. The highest BCUT2D eigenvalue weighted by Gasteiger charge is 2.31. The molecule has 0 spiro atoms. The van der Waals surface area contributed by atoms with Gasteiger partial charge in [0.25, 0.3) is 5.91 Å². The first kappa shape index (κ1) is 18.2. The number of benzene rings is 3. The Morgan fingerprint density at radius 2 is 2.03 bits per heavy atom. The van der Waals surface area contributed by atoms with Gasteiger partial charge in [0.05, 0.1) is 21.3 Å². The molecule has 5 nitrogen and oxygen atoms in total. The third-order valence-electron chi connectivity index (χ3n) is 5.55. The second kappa shape index (κ2) is 6.91. The number of β-amino-alcohol motifs (C(OH)–C–C–N with tert-alkyl or cyclic N) is 1. The van der Waals surface area contributed by atoms with Crippen molar-refractivity contribution in [1.82, 2.24) is 9.88 Å². The molecule has 1 amide bonds. The first-order valence-corrected chi connectivity index (χ1v) is 10.4. The molecule has 1 fully saturated rings. The minimum Gasteiger partial charge on any atom is -0.390 e. The van der Waals surface area contributed by atoms with Crippen LogP contribution in [0, 0.1) is 6.92 Å². The van der Waals surface area contributed by atoms with Crippen molar-refractivity contribution in [3.63, 3.8) is 0 Å². The molecule has 3 N–H and O–H groups in total.